The van der Waals surface area contributed by atoms with E-state index in [2.05, 4.69) is 16.6 Å². The standard InChI is InChI=1S/C16H23NO3S/c1-13(17-21(19,20)16(2,3)4)15-10-8-14(9-11-15)7-5-6-12-18/h8-11,13,17-18H,6,12H2,1-4H3. The minimum absolute atomic E-state index is 0.0523. The maximum Gasteiger partial charge on any atom is 0.217 e. The van der Waals surface area contributed by atoms with E-state index in [0.717, 1.165) is 11.1 Å². The first-order valence-corrected chi connectivity index (χ1v) is 8.37. The Morgan fingerprint density at radius 3 is 2.29 bits per heavy atom. The van der Waals surface area contributed by atoms with Crippen molar-refractivity contribution in [1.29, 1.82) is 0 Å². The molecule has 0 aromatic heterocycles. The summed E-state index contributed by atoms with van der Waals surface area (Å²) in [5, 5.41) is 8.67. The van der Waals surface area contributed by atoms with Gasteiger partial charge in [-0.3, -0.25) is 0 Å². The molecule has 1 aromatic rings. The molecule has 0 bridgehead atoms. The topological polar surface area (TPSA) is 66.4 Å². The van der Waals surface area contributed by atoms with Crippen LogP contribution in [0.4, 0.5) is 0 Å². The van der Waals surface area contributed by atoms with E-state index < -0.39 is 14.8 Å². The van der Waals surface area contributed by atoms with Crippen LogP contribution in [-0.4, -0.2) is 24.9 Å². The Bertz CT molecular complexity index is 616. The van der Waals surface area contributed by atoms with Crippen LogP contribution in [0.25, 0.3) is 0 Å². The van der Waals surface area contributed by atoms with E-state index in [-0.39, 0.29) is 12.6 Å². The molecular formula is C16H23NO3S. The van der Waals surface area contributed by atoms with Gasteiger partial charge in [-0.1, -0.05) is 24.0 Å². The summed E-state index contributed by atoms with van der Waals surface area (Å²) in [5.74, 6) is 5.78. The molecule has 0 aliphatic carbocycles. The van der Waals surface area contributed by atoms with Crippen molar-refractivity contribution in [2.75, 3.05) is 6.61 Å². The Labute approximate surface area is 127 Å². The lowest BCUT2D eigenvalue weighted by molar-refractivity contribution is 0.305. The van der Waals surface area contributed by atoms with Crippen LogP contribution in [-0.2, 0) is 10.0 Å². The maximum atomic E-state index is 12.1. The number of benzene rings is 1. The Kier molecular flexibility index (Phi) is 5.97. The van der Waals surface area contributed by atoms with Gasteiger partial charge in [0.25, 0.3) is 0 Å². The molecular weight excluding hydrogens is 286 g/mol. The molecule has 0 saturated carbocycles. The molecule has 0 radical (unpaired) electrons. The molecule has 1 rings (SSSR count). The van der Waals surface area contributed by atoms with Gasteiger partial charge < -0.3 is 5.11 Å². The third kappa shape index (κ3) is 5.16. The van der Waals surface area contributed by atoms with Gasteiger partial charge in [0, 0.05) is 18.0 Å². The molecule has 0 heterocycles. The molecule has 1 atom stereocenters. The Morgan fingerprint density at radius 1 is 1.24 bits per heavy atom. The molecule has 0 aliphatic heterocycles. The quantitative estimate of drug-likeness (QED) is 0.838. The van der Waals surface area contributed by atoms with Crippen molar-refractivity contribution in [2.24, 2.45) is 0 Å². The van der Waals surface area contributed by atoms with Crippen molar-refractivity contribution in [3.63, 3.8) is 0 Å². The van der Waals surface area contributed by atoms with E-state index in [9.17, 15) is 8.42 Å². The summed E-state index contributed by atoms with van der Waals surface area (Å²) >= 11 is 0. The highest BCUT2D eigenvalue weighted by Gasteiger charge is 2.30. The maximum absolute atomic E-state index is 12.1. The van der Waals surface area contributed by atoms with E-state index in [1.54, 1.807) is 20.8 Å². The van der Waals surface area contributed by atoms with Crippen LogP contribution in [0, 0.1) is 11.8 Å². The molecule has 5 heteroatoms. The summed E-state index contributed by atoms with van der Waals surface area (Å²) in [6, 6.07) is 7.12. The summed E-state index contributed by atoms with van der Waals surface area (Å²) in [4.78, 5) is 0. The second-order valence-electron chi connectivity index (χ2n) is 5.85. The number of aliphatic hydroxyl groups excluding tert-OH is 1. The molecule has 0 aliphatic rings. The normalized spacial score (nSPS) is 13.4. The first-order valence-electron chi connectivity index (χ1n) is 6.89. The Morgan fingerprint density at radius 2 is 1.81 bits per heavy atom. The number of nitrogens with one attached hydrogen (secondary N) is 1. The van der Waals surface area contributed by atoms with E-state index in [1.807, 2.05) is 31.2 Å². The van der Waals surface area contributed by atoms with Gasteiger partial charge in [0.15, 0.2) is 0 Å². The van der Waals surface area contributed by atoms with Crippen molar-refractivity contribution < 1.29 is 13.5 Å². The van der Waals surface area contributed by atoms with Gasteiger partial charge in [0.1, 0.15) is 0 Å². The zero-order valence-electron chi connectivity index (χ0n) is 13.0. The summed E-state index contributed by atoms with van der Waals surface area (Å²) in [5.41, 5.74) is 1.73. The van der Waals surface area contributed by atoms with Crippen LogP contribution in [0.3, 0.4) is 0 Å². The minimum Gasteiger partial charge on any atom is -0.395 e. The number of sulfonamides is 1. The monoisotopic (exact) mass is 309 g/mol. The van der Waals surface area contributed by atoms with E-state index >= 15 is 0 Å². The van der Waals surface area contributed by atoms with Crippen LogP contribution in [0.5, 0.6) is 0 Å². The van der Waals surface area contributed by atoms with Crippen molar-refractivity contribution >= 4 is 10.0 Å². The lowest BCUT2D eigenvalue weighted by atomic mass is 10.1. The Balaban J connectivity index is 2.82. The largest absolute Gasteiger partial charge is 0.395 e. The summed E-state index contributed by atoms with van der Waals surface area (Å²) in [7, 11) is -3.38. The number of hydrogen-bond acceptors (Lipinski definition) is 3. The van der Waals surface area contributed by atoms with Crippen molar-refractivity contribution in [3.05, 3.63) is 35.4 Å². The van der Waals surface area contributed by atoms with Crippen LogP contribution in [0.1, 0.15) is 51.3 Å². The molecule has 21 heavy (non-hydrogen) atoms. The zero-order chi connectivity index (χ0) is 16.1. The molecule has 0 saturated heterocycles. The zero-order valence-corrected chi connectivity index (χ0v) is 13.8. The molecule has 116 valence electrons. The highest BCUT2D eigenvalue weighted by molar-refractivity contribution is 7.90. The van der Waals surface area contributed by atoms with Gasteiger partial charge in [0.05, 0.1) is 11.4 Å². The van der Waals surface area contributed by atoms with Crippen LogP contribution < -0.4 is 4.72 Å². The fourth-order valence-electron chi connectivity index (χ4n) is 1.55. The predicted octanol–water partition coefficient (Wildman–Crippen LogP) is 2.20. The summed E-state index contributed by atoms with van der Waals surface area (Å²) in [6.07, 6.45) is 0.448. The third-order valence-electron chi connectivity index (χ3n) is 3.02. The average molecular weight is 309 g/mol. The third-order valence-corrected chi connectivity index (χ3v) is 5.29. The van der Waals surface area contributed by atoms with Gasteiger partial charge in [0.2, 0.25) is 10.0 Å². The lowest BCUT2D eigenvalue weighted by Crippen LogP contribution is -2.40. The SMILES string of the molecule is CC(NS(=O)(=O)C(C)(C)C)c1ccc(C#CCCO)cc1. The van der Waals surface area contributed by atoms with Gasteiger partial charge >= 0.3 is 0 Å². The summed E-state index contributed by atoms with van der Waals surface area (Å²) < 4.78 is 26.1. The first-order chi connectivity index (χ1) is 9.67. The number of rotatable bonds is 4. The minimum atomic E-state index is -3.38. The second-order valence-corrected chi connectivity index (χ2v) is 8.32. The van der Waals surface area contributed by atoms with Crippen LogP contribution in [0.15, 0.2) is 24.3 Å². The predicted molar refractivity (Wildman–Crippen MR) is 85.2 cm³/mol. The highest BCUT2D eigenvalue weighted by atomic mass is 32.2. The van der Waals surface area contributed by atoms with Gasteiger partial charge in [-0.15, -0.1) is 0 Å². The average Bonchev–Trinajstić information content (AvgIpc) is 2.38. The molecule has 1 unspecified atom stereocenters. The number of aliphatic hydroxyl groups is 1. The van der Waals surface area contributed by atoms with Crippen molar-refractivity contribution in [2.45, 2.75) is 44.9 Å². The molecule has 0 fully saturated rings. The first kappa shape index (κ1) is 17.7. The Hall–Kier alpha value is -1.35. The second kappa shape index (κ2) is 7.08. The summed E-state index contributed by atoms with van der Waals surface area (Å²) in [6.45, 7) is 6.87. The van der Waals surface area contributed by atoms with Gasteiger partial charge in [-0.2, -0.15) is 0 Å². The molecule has 0 amide bonds. The van der Waals surface area contributed by atoms with Crippen LogP contribution in [0.2, 0.25) is 0 Å². The van der Waals surface area contributed by atoms with E-state index in [4.69, 9.17) is 5.11 Å². The molecule has 0 spiro atoms. The number of hydrogen-bond donors (Lipinski definition) is 2. The lowest BCUT2D eigenvalue weighted by Gasteiger charge is -2.23. The molecule has 2 N–H and O–H groups in total. The smallest absolute Gasteiger partial charge is 0.217 e. The van der Waals surface area contributed by atoms with Crippen molar-refractivity contribution in [1.82, 2.24) is 4.72 Å². The highest BCUT2D eigenvalue weighted by Crippen LogP contribution is 2.19. The molecule has 4 nitrogen and oxygen atoms in total. The van der Waals surface area contributed by atoms with Gasteiger partial charge in [-0.05, 0) is 45.4 Å². The van der Waals surface area contributed by atoms with Crippen LogP contribution >= 0.6 is 0 Å². The van der Waals surface area contributed by atoms with E-state index in [0.29, 0.717) is 6.42 Å². The fourth-order valence-corrected chi connectivity index (χ4v) is 2.51. The fraction of sp³-hybridized carbons (Fsp3) is 0.500. The van der Waals surface area contributed by atoms with Crippen molar-refractivity contribution in [3.8, 4) is 11.8 Å². The molecule has 1 aromatic carbocycles. The van der Waals surface area contributed by atoms with E-state index in [1.165, 1.54) is 0 Å². The van der Waals surface area contributed by atoms with Gasteiger partial charge in [-0.25, -0.2) is 13.1 Å².